The molecule has 0 radical (unpaired) electrons. The first-order valence-corrected chi connectivity index (χ1v) is 10.3. The molecule has 0 atom stereocenters. The molecule has 2 rings (SSSR count). The summed E-state index contributed by atoms with van der Waals surface area (Å²) in [6.45, 7) is 4.00. The molecule has 0 fully saturated rings. The molecular weight excluding hydrogens is 392 g/mol. The second-order valence-electron chi connectivity index (χ2n) is 6.23. The van der Waals surface area contributed by atoms with Gasteiger partial charge in [-0.25, -0.2) is 9.78 Å². The van der Waals surface area contributed by atoms with Crippen molar-refractivity contribution in [3.63, 3.8) is 0 Å². The predicted octanol–water partition coefficient (Wildman–Crippen LogP) is 2.76. The Bertz CT molecular complexity index is 796. The molecule has 0 saturated heterocycles. The van der Waals surface area contributed by atoms with Crippen LogP contribution in [0, 0.1) is 0 Å². The first-order valence-electron chi connectivity index (χ1n) is 9.43. The van der Waals surface area contributed by atoms with Crippen LogP contribution in [0.5, 0.6) is 0 Å². The lowest BCUT2D eigenvalue weighted by Crippen LogP contribution is -2.37. The molecule has 1 aromatic carbocycles. The van der Waals surface area contributed by atoms with Gasteiger partial charge in [-0.2, -0.15) is 0 Å². The minimum Gasteiger partial charge on any atom is -0.383 e. The number of carbonyl (C=O) groups is 2. The minimum atomic E-state index is -0.255. The Hall–Kier alpha value is -2.49. The molecule has 0 spiro atoms. The lowest BCUT2D eigenvalue weighted by atomic mass is 10.1. The van der Waals surface area contributed by atoms with Crippen LogP contribution in [0.4, 0.5) is 10.5 Å². The van der Waals surface area contributed by atoms with Crippen molar-refractivity contribution in [1.82, 2.24) is 15.2 Å². The van der Waals surface area contributed by atoms with E-state index in [0.29, 0.717) is 43.5 Å². The number of rotatable bonds is 11. The molecule has 0 aliphatic rings. The third-order valence-electron chi connectivity index (χ3n) is 4.19. The highest BCUT2D eigenvalue weighted by molar-refractivity contribution is 7.09. The smallest absolute Gasteiger partial charge is 0.322 e. The summed E-state index contributed by atoms with van der Waals surface area (Å²) in [6, 6.07) is 7.49. The number of nitrogens with zero attached hydrogens (tertiary/aromatic N) is 2. The van der Waals surface area contributed by atoms with E-state index in [0.717, 1.165) is 17.7 Å². The van der Waals surface area contributed by atoms with Crippen LogP contribution < -0.4 is 10.6 Å². The second kappa shape index (κ2) is 12.2. The van der Waals surface area contributed by atoms with Crippen molar-refractivity contribution in [3.8, 4) is 0 Å². The summed E-state index contributed by atoms with van der Waals surface area (Å²) in [4.78, 5) is 30.9. The number of benzene rings is 1. The van der Waals surface area contributed by atoms with Crippen LogP contribution in [0.3, 0.4) is 0 Å². The number of urea groups is 1. The van der Waals surface area contributed by atoms with Crippen molar-refractivity contribution in [2.45, 2.75) is 19.9 Å². The van der Waals surface area contributed by atoms with Gasteiger partial charge in [0, 0.05) is 38.4 Å². The monoisotopic (exact) mass is 420 g/mol. The fourth-order valence-corrected chi connectivity index (χ4v) is 3.40. The standard InChI is InChI=1S/C20H28N4O4S/c1-4-15-7-5-6-8-16(15)23-20(26)24(10-12-28-3)13-18-22-17(14-29-18)19(25)21-9-11-27-2/h5-8,14H,4,9-13H2,1-3H3,(H,21,25)(H,23,26). The molecule has 8 nitrogen and oxygen atoms in total. The van der Waals surface area contributed by atoms with Gasteiger partial charge in [0.25, 0.3) is 5.91 Å². The third kappa shape index (κ3) is 7.12. The Morgan fingerprint density at radius 3 is 2.66 bits per heavy atom. The maximum Gasteiger partial charge on any atom is 0.322 e. The topological polar surface area (TPSA) is 92.8 Å². The molecule has 0 bridgehead atoms. The van der Waals surface area contributed by atoms with Crippen molar-refractivity contribution in [2.24, 2.45) is 0 Å². The summed E-state index contributed by atoms with van der Waals surface area (Å²) in [7, 11) is 3.17. The Balaban J connectivity index is 2.04. The second-order valence-corrected chi connectivity index (χ2v) is 7.17. The zero-order chi connectivity index (χ0) is 21.1. The van der Waals surface area contributed by atoms with E-state index >= 15 is 0 Å². The molecule has 9 heteroatoms. The van der Waals surface area contributed by atoms with E-state index in [2.05, 4.69) is 15.6 Å². The van der Waals surface area contributed by atoms with Crippen LogP contribution in [-0.4, -0.2) is 62.3 Å². The SMILES string of the molecule is CCc1ccccc1NC(=O)N(CCOC)Cc1nc(C(=O)NCCOC)cs1. The molecule has 29 heavy (non-hydrogen) atoms. The first kappa shape index (κ1) is 22.8. The number of para-hydroxylation sites is 1. The summed E-state index contributed by atoms with van der Waals surface area (Å²) in [5, 5.41) is 8.07. The van der Waals surface area contributed by atoms with Crippen LogP contribution in [0.15, 0.2) is 29.6 Å². The van der Waals surface area contributed by atoms with Gasteiger partial charge in [0.05, 0.1) is 19.8 Å². The molecule has 1 aromatic heterocycles. The van der Waals surface area contributed by atoms with Crippen molar-refractivity contribution in [1.29, 1.82) is 0 Å². The van der Waals surface area contributed by atoms with E-state index < -0.39 is 0 Å². The third-order valence-corrected chi connectivity index (χ3v) is 5.03. The predicted molar refractivity (Wildman–Crippen MR) is 113 cm³/mol. The van der Waals surface area contributed by atoms with E-state index in [1.807, 2.05) is 31.2 Å². The summed E-state index contributed by atoms with van der Waals surface area (Å²) < 4.78 is 10.1. The zero-order valence-electron chi connectivity index (χ0n) is 17.1. The van der Waals surface area contributed by atoms with Crippen LogP contribution in [0.2, 0.25) is 0 Å². The van der Waals surface area contributed by atoms with E-state index in [-0.39, 0.29) is 11.9 Å². The Morgan fingerprint density at radius 2 is 1.93 bits per heavy atom. The highest BCUT2D eigenvalue weighted by Crippen LogP contribution is 2.18. The maximum absolute atomic E-state index is 12.8. The average Bonchev–Trinajstić information content (AvgIpc) is 3.20. The van der Waals surface area contributed by atoms with Crippen molar-refractivity contribution in [2.75, 3.05) is 45.8 Å². The van der Waals surface area contributed by atoms with Gasteiger partial charge in [0.2, 0.25) is 0 Å². The number of hydrogen-bond donors (Lipinski definition) is 2. The number of ether oxygens (including phenoxy) is 2. The van der Waals surface area contributed by atoms with Crippen molar-refractivity contribution >= 4 is 29.0 Å². The summed E-state index contributed by atoms with van der Waals surface area (Å²) >= 11 is 1.34. The number of aromatic nitrogens is 1. The largest absolute Gasteiger partial charge is 0.383 e. The van der Waals surface area contributed by atoms with Crippen molar-refractivity contribution in [3.05, 3.63) is 45.9 Å². The van der Waals surface area contributed by atoms with Crippen LogP contribution in [0.1, 0.15) is 28.0 Å². The number of aryl methyl sites for hydroxylation is 1. The number of methoxy groups -OCH3 is 2. The highest BCUT2D eigenvalue weighted by Gasteiger charge is 2.18. The highest BCUT2D eigenvalue weighted by atomic mass is 32.1. The van der Waals surface area contributed by atoms with Gasteiger partial charge in [-0.3, -0.25) is 4.79 Å². The number of thiazole rings is 1. The number of nitrogens with one attached hydrogen (secondary N) is 2. The summed E-state index contributed by atoms with van der Waals surface area (Å²) in [5.74, 6) is -0.255. The fourth-order valence-electron chi connectivity index (χ4n) is 2.61. The number of amides is 3. The quantitative estimate of drug-likeness (QED) is 0.545. The fraction of sp³-hybridized carbons (Fsp3) is 0.450. The van der Waals surface area contributed by atoms with Gasteiger partial charge in [0.15, 0.2) is 0 Å². The summed E-state index contributed by atoms with van der Waals surface area (Å²) in [6.07, 6.45) is 0.822. The average molecular weight is 421 g/mol. The van der Waals surface area contributed by atoms with E-state index in [1.165, 1.54) is 11.3 Å². The molecular formula is C20H28N4O4S. The number of anilines is 1. The Labute approximate surface area is 175 Å². The van der Waals surface area contributed by atoms with Gasteiger partial charge in [-0.1, -0.05) is 25.1 Å². The molecule has 0 aliphatic carbocycles. The summed E-state index contributed by atoms with van der Waals surface area (Å²) in [5.41, 5.74) is 2.20. The molecule has 1 heterocycles. The van der Waals surface area contributed by atoms with Gasteiger partial charge >= 0.3 is 6.03 Å². The van der Waals surface area contributed by atoms with E-state index in [9.17, 15) is 9.59 Å². The lowest BCUT2D eigenvalue weighted by molar-refractivity contribution is 0.0932. The molecule has 2 N–H and O–H groups in total. The lowest BCUT2D eigenvalue weighted by Gasteiger charge is -2.22. The Kier molecular flexibility index (Phi) is 9.55. The molecule has 0 saturated carbocycles. The number of hydrogen-bond acceptors (Lipinski definition) is 6. The molecule has 2 aromatic rings. The zero-order valence-corrected chi connectivity index (χ0v) is 17.9. The molecule has 158 valence electrons. The van der Waals surface area contributed by atoms with Gasteiger partial charge in [-0.05, 0) is 18.1 Å². The maximum atomic E-state index is 12.8. The van der Waals surface area contributed by atoms with Crippen molar-refractivity contribution < 1.29 is 19.1 Å². The van der Waals surface area contributed by atoms with Crippen LogP contribution in [0.25, 0.3) is 0 Å². The van der Waals surface area contributed by atoms with E-state index in [4.69, 9.17) is 9.47 Å². The Morgan fingerprint density at radius 1 is 1.17 bits per heavy atom. The van der Waals surface area contributed by atoms with Crippen LogP contribution in [-0.2, 0) is 22.4 Å². The van der Waals surface area contributed by atoms with Gasteiger partial charge < -0.3 is 25.0 Å². The minimum absolute atomic E-state index is 0.232. The first-order chi connectivity index (χ1) is 14.1. The van der Waals surface area contributed by atoms with Crippen LogP contribution >= 0.6 is 11.3 Å². The molecule has 0 aliphatic heterocycles. The van der Waals surface area contributed by atoms with E-state index in [1.54, 1.807) is 24.5 Å². The van der Waals surface area contributed by atoms with Gasteiger partial charge in [-0.15, -0.1) is 11.3 Å². The van der Waals surface area contributed by atoms with Gasteiger partial charge in [0.1, 0.15) is 10.7 Å². The number of carbonyl (C=O) groups excluding carboxylic acids is 2. The molecule has 3 amide bonds. The normalized spacial score (nSPS) is 10.6. The molecule has 0 unspecified atom stereocenters.